The van der Waals surface area contributed by atoms with Gasteiger partial charge in [-0.15, -0.1) is 0 Å². The largest absolute Gasteiger partial charge is 0.496 e. The van der Waals surface area contributed by atoms with Crippen molar-refractivity contribution in [3.05, 3.63) is 52.6 Å². The molecule has 0 radical (unpaired) electrons. The van der Waals surface area contributed by atoms with Gasteiger partial charge < -0.3 is 10.1 Å². The summed E-state index contributed by atoms with van der Waals surface area (Å²) in [6.45, 7) is 3.97. The lowest BCUT2D eigenvalue weighted by molar-refractivity contribution is 0.407. The molecule has 21 heavy (non-hydrogen) atoms. The quantitative estimate of drug-likeness (QED) is 0.873. The van der Waals surface area contributed by atoms with Crippen LogP contribution in [0.3, 0.4) is 0 Å². The van der Waals surface area contributed by atoms with Gasteiger partial charge in [-0.2, -0.15) is 0 Å². The smallest absolute Gasteiger partial charge is 0.194 e. The predicted octanol–water partition coefficient (Wildman–Crippen LogP) is 3.74. The molecule has 0 bridgehead atoms. The number of pyridine rings is 1. The molecule has 1 aromatic heterocycles. The number of hydrogen-bond donors (Lipinski definition) is 1. The maximum Gasteiger partial charge on any atom is 0.194 e. The summed E-state index contributed by atoms with van der Waals surface area (Å²) in [6, 6.07) is 1.80. The van der Waals surface area contributed by atoms with Crippen molar-refractivity contribution in [1.82, 2.24) is 4.98 Å². The van der Waals surface area contributed by atoms with Gasteiger partial charge in [0, 0.05) is 35.1 Å². The van der Waals surface area contributed by atoms with Crippen LogP contribution in [0.15, 0.2) is 18.3 Å². The summed E-state index contributed by atoms with van der Waals surface area (Å²) in [5, 5.41) is 2.82. The van der Waals surface area contributed by atoms with Crippen molar-refractivity contribution >= 4 is 5.69 Å². The zero-order valence-electron chi connectivity index (χ0n) is 11.9. The van der Waals surface area contributed by atoms with Crippen LogP contribution in [-0.2, 0) is 6.54 Å². The Kier molecular flexibility index (Phi) is 4.35. The van der Waals surface area contributed by atoms with Crippen LogP contribution in [0, 0.1) is 31.3 Å². The molecule has 0 unspecified atom stereocenters. The molecular formula is C15H15F3N2O. The summed E-state index contributed by atoms with van der Waals surface area (Å²) in [4.78, 5) is 4.26. The van der Waals surface area contributed by atoms with Crippen molar-refractivity contribution in [3.63, 3.8) is 0 Å². The molecule has 1 heterocycles. The van der Waals surface area contributed by atoms with Gasteiger partial charge in [0.15, 0.2) is 17.5 Å². The van der Waals surface area contributed by atoms with Crippen molar-refractivity contribution < 1.29 is 17.9 Å². The molecule has 1 N–H and O–H groups in total. The van der Waals surface area contributed by atoms with Crippen molar-refractivity contribution in [3.8, 4) is 5.75 Å². The van der Waals surface area contributed by atoms with E-state index >= 15 is 0 Å². The third-order valence-corrected chi connectivity index (χ3v) is 3.19. The molecule has 2 rings (SSSR count). The fourth-order valence-corrected chi connectivity index (χ4v) is 2.09. The lowest BCUT2D eigenvalue weighted by Crippen LogP contribution is -2.07. The first-order valence-electron chi connectivity index (χ1n) is 6.31. The fraction of sp³-hybridized carbons (Fsp3) is 0.267. The van der Waals surface area contributed by atoms with Gasteiger partial charge in [0.2, 0.25) is 0 Å². The molecule has 1 aromatic carbocycles. The van der Waals surface area contributed by atoms with E-state index in [1.807, 2.05) is 13.8 Å². The SMILES string of the molecule is COc1c(C)cnc(CNc2cc(F)c(F)c(F)c2)c1C. The Bertz CT molecular complexity index is 651. The number of methoxy groups -OCH3 is 1. The van der Waals surface area contributed by atoms with E-state index in [9.17, 15) is 13.2 Å². The van der Waals surface area contributed by atoms with Gasteiger partial charge in [-0.05, 0) is 13.8 Å². The number of anilines is 1. The molecule has 0 saturated carbocycles. The molecule has 6 heteroatoms. The molecule has 0 saturated heterocycles. The van der Waals surface area contributed by atoms with Crippen LogP contribution in [0.25, 0.3) is 0 Å². The first-order valence-corrected chi connectivity index (χ1v) is 6.31. The Balaban J connectivity index is 2.21. The highest BCUT2D eigenvalue weighted by Crippen LogP contribution is 2.25. The van der Waals surface area contributed by atoms with E-state index in [2.05, 4.69) is 10.3 Å². The van der Waals surface area contributed by atoms with Gasteiger partial charge in [0.25, 0.3) is 0 Å². The van der Waals surface area contributed by atoms with Gasteiger partial charge in [0.1, 0.15) is 5.75 Å². The van der Waals surface area contributed by atoms with E-state index < -0.39 is 17.5 Å². The van der Waals surface area contributed by atoms with E-state index in [4.69, 9.17) is 4.74 Å². The molecule has 0 aliphatic rings. The number of halogens is 3. The molecule has 0 atom stereocenters. The van der Waals surface area contributed by atoms with E-state index in [0.717, 1.165) is 29.0 Å². The molecule has 0 spiro atoms. The van der Waals surface area contributed by atoms with Crippen molar-refractivity contribution in [1.29, 1.82) is 0 Å². The Morgan fingerprint density at radius 3 is 2.33 bits per heavy atom. The van der Waals surface area contributed by atoms with Crippen LogP contribution in [0.4, 0.5) is 18.9 Å². The van der Waals surface area contributed by atoms with Crippen molar-refractivity contribution in [2.75, 3.05) is 12.4 Å². The Hall–Kier alpha value is -2.24. The van der Waals surface area contributed by atoms with Crippen LogP contribution in [0.2, 0.25) is 0 Å². The number of benzene rings is 1. The molecule has 0 aliphatic heterocycles. The molecular weight excluding hydrogens is 281 g/mol. The van der Waals surface area contributed by atoms with Crippen molar-refractivity contribution in [2.24, 2.45) is 0 Å². The molecule has 2 aromatic rings. The van der Waals surface area contributed by atoms with Crippen LogP contribution < -0.4 is 10.1 Å². The third kappa shape index (κ3) is 3.09. The summed E-state index contributed by atoms with van der Waals surface area (Å²) in [5.74, 6) is -3.22. The number of aryl methyl sites for hydroxylation is 1. The number of hydrogen-bond acceptors (Lipinski definition) is 3. The van der Waals surface area contributed by atoms with Gasteiger partial charge in [-0.25, -0.2) is 13.2 Å². The minimum absolute atomic E-state index is 0.146. The summed E-state index contributed by atoms with van der Waals surface area (Å²) in [6.07, 6.45) is 1.66. The lowest BCUT2D eigenvalue weighted by atomic mass is 10.1. The predicted molar refractivity (Wildman–Crippen MR) is 73.9 cm³/mol. The topological polar surface area (TPSA) is 34.1 Å². The zero-order valence-corrected chi connectivity index (χ0v) is 11.9. The first kappa shape index (κ1) is 15.2. The minimum Gasteiger partial charge on any atom is -0.496 e. The summed E-state index contributed by atoms with van der Waals surface area (Å²) in [5.41, 5.74) is 2.57. The molecule has 0 fully saturated rings. The van der Waals surface area contributed by atoms with Gasteiger partial charge in [-0.1, -0.05) is 0 Å². The van der Waals surface area contributed by atoms with Crippen LogP contribution >= 0.6 is 0 Å². The number of rotatable bonds is 4. The van der Waals surface area contributed by atoms with Gasteiger partial charge in [0.05, 0.1) is 19.3 Å². The fourth-order valence-electron chi connectivity index (χ4n) is 2.09. The molecule has 0 aliphatic carbocycles. The maximum absolute atomic E-state index is 13.1. The van der Waals surface area contributed by atoms with E-state index in [0.29, 0.717) is 5.69 Å². The van der Waals surface area contributed by atoms with E-state index in [-0.39, 0.29) is 12.2 Å². The normalized spacial score (nSPS) is 10.6. The average Bonchev–Trinajstić information content (AvgIpc) is 2.44. The van der Waals surface area contributed by atoms with Crippen LogP contribution in [0.1, 0.15) is 16.8 Å². The Morgan fingerprint density at radius 2 is 1.76 bits per heavy atom. The minimum atomic E-state index is -1.48. The van der Waals surface area contributed by atoms with Crippen LogP contribution in [0.5, 0.6) is 5.75 Å². The second-order valence-corrected chi connectivity index (χ2v) is 4.65. The number of aromatic nitrogens is 1. The Labute approximate surface area is 120 Å². The van der Waals surface area contributed by atoms with Crippen molar-refractivity contribution in [2.45, 2.75) is 20.4 Å². The zero-order chi connectivity index (χ0) is 15.6. The molecule has 0 amide bonds. The maximum atomic E-state index is 13.1. The standard InChI is InChI=1S/C15H15F3N2O/c1-8-6-20-13(9(2)15(8)21-3)7-19-10-4-11(16)14(18)12(17)5-10/h4-6,19H,7H2,1-3H3. The number of nitrogens with one attached hydrogen (secondary N) is 1. The highest BCUT2D eigenvalue weighted by Gasteiger charge is 2.12. The average molecular weight is 296 g/mol. The second kappa shape index (κ2) is 6.03. The van der Waals surface area contributed by atoms with Gasteiger partial charge >= 0.3 is 0 Å². The summed E-state index contributed by atoms with van der Waals surface area (Å²) in [7, 11) is 1.57. The second-order valence-electron chi connectivity index (χ2n) is 4.65. The molecule has 112 valence electrons. The number of ether oxygens (including phenoxy) is 1. The van der Waals surface area contributed by atoms with Gasteiger partial charge in [-0.3, -0.25) is 4.98 Å². The first-order chi connectivity index (χ1) is 9.93. The third-order valence-electron chi connectivity index (χ3n) is 3.19. The summed E-state index contributed by atoms with van der Waals surface area (Å²) < 4.78 is 44.4. The Morgan fingerprint density at radius 1 is 1.14 bits per heavy atom. The molecule has 3 nitrogen and oxygen atoms in total. The highest BCUT2D eigenvalue weighted by atomic mass is 19.2. The summed E-state index contributed by atoms with van der Waals surface area (Å²) >= 11 is 0. The number of nitrogens with zero attached hydrogens (tertiary/aromatic N) is 1. The van der Waals surface area contributed by atoms with Crippen LogP contribution in [-0.4, -0.2) is 12.1 Å². The highest BCUT2D eigenvalue weighted by molar-refractivity contribution is 5.46. The van der Waals surface area contributed by atoms with E-state index in [1.54, 1.807) is 13.3 Å². The monoisotopic (exact) mass is 296 g/mol. The van der Waals surface area contributed by atoms with E-state index in [1.165, 1.54) is 0 Å². The lowest BCUT2D eigenvalue weighted by Gasteiger charge is -2.13.